The Kier molecular flexibility index (Phi) is 5.40. The predicted molar refractivity (Wildman–Crippen MR) is 91.2 cm³/mol. The molecule has 1 unspecified atom stereocenters. The Morgan fingerprint density at radius 3 is 2.76 bits per heavy atom. The fraction of sp³-hybridized carbons (Fsp3) is 0.316. The van der Waals surface area contributed by atoms with Crippen LogP contribution in [0.5, 0.6) is 0 Å². The number of anilines is 1. The molecule has 2 aromatic rings. The van der Waals surface area contributed by atoms with Crippen LogP contribution in [0.4, 0.5) is 14.5 Å². The standard InChI is InChI=1S/C19H20F2N2O2/c20-16-7-6-14(11-17(16)21)22-19(25)12-23(9-10-24)18-8-5-13-3-1-2-4-15(13)18/h1-4,6-7,11,18,24H,5,8-10,12H2,(H,22,25). The minimum Gasteiger partial charge on any atom is -0.395 e. The summed E-state index contributed by atoms with van der Waals surface area (Å²) in [6, 6.07) is 11.4. The maximum absolute atomic E-state index is 13.3. The summed E-state index contributed by atoms with van der Waals surface area (Å²) in [6.07, 6.45) is 1.82. The van der Waals surface area contributed by atoms with E-state index in [4.69, 9.17) is 0 Å². The fourth-order valence-corrected chi connectivity index (χ4v) is 3.35. The smallest absolute Gasteiger partial charge is 0.238 e. The number of hydrogen-bond acceptors (Lipinski definition) is 3. The normalized spacial score (nSPS) is 16.1. The third-order valence-electron chi connectivity index (χ3n) is 4.48. The van der Waals surface area contributed by atoms with Gasteiger partial charge in [-0.05, 0) is 36.1 Å². The lowest BCUT2D eigenvalue weighted by Crippen LogP contribution is -2.37. The second kappa shape index (κ2) is 7.72. The van der Waals surface area contributed by atoms with Crippen molar-refractivity contribution in [2.45, 2.75) is 18.9 Å². The molecule has 0 bridgehead atoms. The molecule has 0 aliphatic heterocycles. The van der Waals surface area contributed by atoms with Gasteiger partial charge in [-0.3, -0.25) is 9.69 Å². The molecule has 0 radical (unpaired) electrons. The molecule has 2 N–H and O–H groups in total. The van der Waals surface area contributed by atoms with Gasteiger partial charge in [0.05, 0.1) is 13.2 Å². The van der Waals surface area contributed by atoms with Crippen molar-refractivity contribution in [3.05, 3.63) is 65.2 Å². The van der Waals surface area contributed by atoms with Crippen LogP contribution in [-0.2, 0) is 11.2 Å². The van der Waals surface area contributed by atoms with Gasteiger partial charge in [0.25, 0.3) is 0 Å². The van der Waals surface area contributed by atoms with E-state index in [1.807, 2.05) is 23.1 Å². The summed E-state index contributed by atoms with van der Waals surface area (Å²) < 4.78 is 26.2. The van der Waals surface area contributed by atoms with Crippen LogP contribution in [0.15, 0.2) is 42.5 Å². The largest absolute Gasteiger partial charge is 0.395 e. The third kappa shape index (κ3) is 4.03. The first-order valence-corrected chi connectivity index (χ1v) is 8.26. The van der Waals surface area contributed by atoms with Crippen molar-refractivity contribution < 1.29 is 18.7 Å². The average Bonchev–Trinajstić information content (AvgIpc) is 3.02. The van der Waals surface area contributed by atoms with E-state index in [2.05, 4.69) is 11.4 Å². The minimum atomic E-state index is -1.00. The first-order valence-electron chi connectivity index (χ1n) is 8.26. The van der Waals surface area contributed by atoms with Gasteiger partial charge in [0, 0.05) is 24.3 Å². The van der Waals surface area contributed by atoms with Crippen LogP contribution >= 0.6 is 0 Å². The van der Waals surface area contributed by atoms with Crippen LogP contribution < -0.4 is 5.32 Å². The minimum absolute atomic E-state index is 0.0584. The summed E-state index contributed by atoms with van der Waals surface area (Å²) in [6.45, 7) is 0.375. The van der Waals surface area contributed by atoms with E-state index in [9.17, 15) is 18.7 Å². The van der Waals surface area contributed by atoms with Crippen molar-refractivity contribution in [3.63, 3.8) is 0 Å². The van der Waals surface area contributed by atoms with E-state index >= 15 is 0 Å². The maximum Gasteiger partial charge on any atom is 0.238 e. The zero-order valence-corrected chi connectivity index (χ0v) is 13.7. The molecule has 25 heavy (non-hydrogen) atoms. The van der Waals surface area contributed by atoms with Crippen molar-refractivity contribution in [1.29, 1.82) is 0 Å². The second-order valence-electron chi connectivity index (χ2n) is 6.12. The Balaban J connectivity index is 1.69. The quantitative estimate of drug-likeness (QED) is 0.846. The number of carbonyl (C=O) groups is 1. The van der Waals surface area contributed by atoms with E-state index in [1.165, 1.54) is 17.2 Å². The molecule has 1 aliphatic rings. The molecule has 0 saturated heterocycles. The number of carbonyl (C=O) groups excluding carboxylic acids is 1. The lowest BCUT2D eigenvalue weighted by molar-refractivity contribution is -0.118. The maximum atomic E-state index is 13.3. The second-order valence-corrected chi connectivity index (χ2v) is 6.12. The fourth-order valence-electron chi connectivity index (χ4n) is 3.35. The first kappa shape index (κ1) is 17.5. The summed E-state index contributed by atoms with van der Waals surface area (Å²) in [4.78, 5) is 14.2. The van der Waals surface area contributed by atoms with Gasteiger partial charge < -0.3 is 10.4 Å². The highest BCUT2D eigenvalue weighted by molar-refractivity contribution is 5.92. The van der Waals surface area contributed by atoms with Gasteiger partial charge in [-0.1, -0.05) is 24.3 Å². The molecule has 1 amide bonds. The first-order chi connectivity index (χ1) is 12.1. The predicted octanol–water partition coefficient (Wildman–Crippen LogP) is 2.89. The van der Waals surface area contributed by atoms with Crippen molar-refractivity contribution in [1.82, 2.24) is 4.90 Å². The Morgan fingerprint density at radius 1 is 1.20 bits per heavy atom. The molecular weight excluding hydrogens is 326 g/mol. The van der Waals surface area contributed by atoms with Gasteiger partial charge in [-0.25, -0.2) is 8.78 Å². The van der Waals surface area contributed by atoms with Crippen LogP contribution in [0.2, 0.25) is 0 Å². The monoisotopic (exact) mass is 346 g/mol. The molecule has 6 heteroatoms. The molecule has 1 atom stereocenters. The van der Waals surface area contributed by atoms with Crippen molar-refractivity contribution in [2.24, 2.45) is 0 Å². The summed E-state index contributed by atoms with van der Waals surface area (Å²) in [5.41, 5.74) is 2.65. The van der Waals surface area contributed by atoms with E-state index in [0.717, 1.165) is 25.0 Å². The highest BCUT2D eigenvalue weighted by atomic mass is 19.2. The molecule has 0 fully saturated rings. The molecule has 0 heterocycles. The SMILES string of the molecule is O=C(CN(CCO)C1CCc2ccccc21)Nc1ccc(F)c(F)c1. The van der Waals surface area contributed by atoms with Crippen LogP contribution in [0.25, 0.3) is 0 Å². The van der Waals surface area contributed by atoms with Gasteiger partial charge in [-0.15, -0.1) is 0 Å². The number of aliphatic hydroxyl groups is 1. The van der Waals surface area contributed by atoms with Gasteiger partial charge >= 0.3 is 0 Å². The van der Waals surface area contributed by atoms with E-state index in [0.29, 0.717) is 6.54 Å². The van der Waals surface area contributed by atoms with Crippen LogP contribution in [-0.4, -0.2) is 35.6 Å². The molecule has 1 aliphatic carbocycles. The third-order valence-corrected chi connectivity index (χ3v) is 4.48. The van der Waals surface area contributed by atoms with Crippen molar-refractivity contribution in [2.75, 3.05) is 25.0 Å². The van der Waals surface area contributed by atoms with Gasteiger partial charge in [-0.2, -0.15) is 0 Å². The zero-order chi connectivity index (χ0) is 17.8. The molecule has 0 aromatic heterocycles. The Morgan fingerprint density at radius 2 is 2.00 bits per heavy atom. The molecular formula is C19H20F2N2O2. The lowest BCUT2D eigenvalue weighted by Gasteiger charge is -2.28. The number of nitrogens with zero attached hydrogens (tertiary/aromatic N) is 1. The number of amides is 1. The van der Waals surface area contributed by atoms with Crippen molar-refractivity contribution in [3.8, 4) is 0 Å². The zero-order valence-electron chi connectivity index (χ0n) is 13.7. The van der Waals surface area contributed by atoms with Gasteiger partial charge in [0.1, 0.15) is 0 Å². The van der Waals surface area contributed by atoms with Crippen LogP contribution in [0, 0.1) is 11.6 Å². The Labute approximate surface area is 145 Å². The molecule has 0 saturated carbocycles. The van der Waals surface area contributed by atoms with Crippen LogP contribution in [0.3, 0.4) is 0 Å². The number of fused-ring (bicyclic) bond motifs is 1. The summed E-state index contributed by atoms with van der Waals surface area (Å²) in [5, 5.41) is 11.9. The highest BCUT2D eigenvalue weighted by Crippen LogP contribution is 2.35. The van der Waals surface area contributed by atoms with E-state index in [1.54, 1.807) is 0 Å². The molecule has 3 rings (SSSR count). The summed E-state index contributed by atoms with van der Waals surface area (Å²) in [5.74, 6) is -2.29. The summed E-state index contributed by atoms with van der Waals surface area (Å²) >= 11 is 0. The number of aryl methyl sites for hydroxylation is 1. The molecule has 132 valence electrons. The van der Waals surface area contributed by atoms with Gasteiger partial charge in [0.2, 0.25) is 5.91 Å². The number of aliphatic hydroxyl groups excluding tert-OH is 1. The number of nitrogens with one attached hydrogen (secondary N) is 1. The topological polar surface area (TPSA) is 52.6 Å². The summed E-state index contributed by atoms with van der Waals surface area (Å²) in [7, 11) is 0. The van der Waals surface area contributed by atoms with Gasteiger partial charge in [0.15, 0.2) is 11.6 Å². The van der Waals surface area contributed by atoms with Crippen LogP contribution in [0.1, 0.15) is 23.6 Å². The van der Waals surface area contributed by atoms with E-state index in [-0.39, 0.29) is 30.8 Å². The molecule has 2 aromatic carbocycles. The average molecular weight is 346 g/mol. The molecule has 0 spiro atoms. The van der Waals surface area contributed by atoms with Crippen molar-refractivity contribution >= 4 is 11.6 Å². The molecule has 4 nitrogen and oxygen atoms in total. The van der Waals surface area contributed by atoms with E-state index < -0.39 is 11.6 Å². The highest BCUT2D eigenvalue weighted by Gasteiger charge is 2.28. The Hall–Kier alpha value is -2.31. The number of benzene rings is 2. The Bertz CT molecular complexity index is 767. The number of halogens is 2. The number of rotatable bonds is 6. The number of hydrogen-bond donors (Lipinski definition) is 2. The lowest BCUT2D eigenvalue weighted by atomic mass is 10.1.